The van der Waals surface area contributed by atoms with Crippen molar-refractivity contribution in [3.8, 4) is 0 Å². The van der Waals surface area contributed by atoms with Crippen molar-refractivity contribution in [1.82, 2.24) is 0 Å². The standard InChI is InChI=1S/C20H16O/c1-20(13-16-8-4-5-9-18(16)19(20)21)17-11-10-14-6-2-3-7-15(14)12-17/h2-12H,13H2,1H3/t20-/m0/s1. The lowest BCUT2D eigenvalue weighted by atomic mass is 9.78. The predicted molar refractivity (Wildman–Crippen MR) is 85.8 cm³/mol. The molecule has 3 aromatic rings. The van der Waals surface area contributed by atoms with Crippen molar-refractivity contribution in [1.29, 1.82) is 0 Å². The number of carbonyl (C=O) groups excluding carboxylic acids is 1. The molecular formula is C20H16O. The van der Waals surface area contributed by atoms with Crippen LogP contribution in [0.2, 0.25) is 0 Å². The second-order valence-electron chi connectivity index (χ2n) is 6.06. The first-order valence-corrected chi connectivity index (χ1v) is 7.30. The van der Waals surface area contributed by atoms with E-state index < -0.39 is 5.41 Å². The molecule has 0 heterocycles. The quantitative estimate of drug-likeness (QED) is 0.635. The van der Waals surface area contributed by atoms with Crippen molar-refractivity contribution in [3.05, 3.63) is 83.4 Å². The molecule has 1 atom stereocenters. The second kappa shape index (κ2) is 4.29. The van der Waals surface area contributed by atoms with Gasteiger partial charge in [0.25, 0.3) is 0 Å². The summed E-state index contributed by atoms with van der Waals surface area (Å²) >= 11 is 0. The molecule has 0 saturated carbocycles. The van der Waals surface area contributed by atoms with Crippen LogP contribution in [0, 0.1) is 0 Å². The molecular weight excluding hydrogens is 256 g/mol. The molecule has 21 heavy (non-hydrogen) atoms. The molecule has 0 radical (unpaired) electrons. The average molecular weight is 272 g/mol. The number of benzene rings is 3. The molecule has 0 fully saturated rings. The van der Waals surface area contributed by atoms with Crippen molar-refractivity contribution >= 4 is 16.6 Å². The number of hydrogen-bond acceptors (Lipinski definition) is 1. The summed E-state index contributed by atoms with van der Waals surface area (Å²) in [4.78, 5) is 12.9. The van der Waals surface area contributed by atoms with E-state index in [1.807, 2.05) is 30.3 Å². The maximum Gasteiger partial charge on any atom is 0.173 e. The van der Waals surface area contributed by atoms with Crippen LogP contribution in [0.4, 0.5) is 0 Å². The van der Waals surface area contributed by atoms with E-state index in [9.17, 15) is 4.79 Å². The number of Topliss-reactive ketones (excluding diaryl/α,β-unsaturated/α-hetero) is 1. The molecule has 102 valence electrons. The van der Waals surface area contributed by atoms with E-state index in [0.29, 0.717) is 0 Å². The maximum atomic E-state index is 12.9. The van der Waals surface area contributed by atoms with Gasteiger partial charge < -0.3 is 0 Å². The van der Waals surface area contributed by atoms with E-state index in [4.69, 9.17) is 0 Å². The van der Waals surface area contributed by atoms with Crippen LogP contribution in [-0.4, -0.2) is 5.78 Å². The summed E-state index contributed by atoms with van der Waals surface area (Å²) in [6.45, 7) is 2.07. The number of rotatable bonds is 1. The van der Waals surface area contributed by atoms with Gasteiger partial charge in [-0.1, -0.05) is 66.7 Å². The Kier molecular flexibility index (Phi) is 2.52. The average Bonchev–Trinajstić information content (AvgIpc) is 2.80. The lowest BCUT2D eigenvalue weighted by Gasteiger charge is -2.23. The van der Waals surface area contributed by atoms with Gasteiger partial charge in [0.1, 0.15) is 0 Å². The molecule has 0 N–H and O–H groups in total. The van der Waals surface area contributed by atoms with Crippen LogP contribution in [0.5, 0.6) is 0 Å². The van der Waals surface area contributed by atoms with E-state index in [-0.39, 0.29) is 5.78 Å². The van der Waals surface area contributed by atoms with E-state index in [1.54, 1.807) is 0 Å². The SMILES string of the molecule is C[C@@]1(c2ccc3ccccc3c2)Cc2ccccc2C1=O. The normalized spacial score (nSPS) is 20.7. The highest BCUT2D eigenvalue weighted by atomic mass is 16.1. The van der Waals surface area contributed by atoms with E-state index in [2.05, 4.69) is 43.3 Å². The third kappa shape index (κ3) is 1.74. The van der Waals surface area contributed by atoms with Gasteiger partial charge in [0.2, 0.25) is 0 Å². The van der Waals surface area contributed by atoms with Crippen molar-refractivity contribution in [2.24, 2.45) is 0 Å². The lowest BCUT2D eigenvalue weighted by molar-refractivity contribution is 0.0915. The number of hydrogen-bond donors (Lipinski definition) is 0. The van der Waals surface area contributed by atoms with Gasteiger partial charge in [-0.3, -0.25) is 4.79 Å². The first-order valence-electron chi connectivity index (χ1n) is 7.30. The van der Waals surface area contributed by atoms with Gasteiger partial charge >= 0.3 is 0 Å². The van der Waals surface area contributed by atoms with Crippen LogP contribution < -0.4 is 0 Å². The Balaban J connectivity index is 1.87. The molecule has 0 amide bonds. The zero-order valence-corrected chi connectivity index (χ0v) is 12.0. The van der Waals surface area contributed by atoms with E-state index >= 15 is 0 Å². The Morgan fingerprint density at radius 3 is 2.38 bits per heavy atom. The lowest BCUT2D eigenvalue weighted by Crippen LogP contribution is -2.29. The summed E-state index contributed by atoms with van der Waals surface area (Å²) in [5, 5.41) is 2.41. The van der Waals surface area contributed by atoms with Crippen LogP contribution >= 0.6 is 0 Å². The molecule has 1 aliphatic carbocycles. The minimum absolute atomic E-state index is 0.244. The van der Waals surface area contributed by atoms with Gasteiger partial charge in [-0.25, -0.2) is 0 Å². The summed E-state index contributed by atoms with van der Waals surface area (Å²) in [5.74, 6) is 0.244. The summed E-state index contributed by atoms with van der Waals surface area (Å²) < 4.78 is 0. The summed E-state index contributed by atoms with van der Waals surface area (Å²) in [6, 6.07) is 22.7. The highest BCUT2D eigenvalue weighted by Crippen LogP contribution is 2.40. The molecule has 1 heteroatoms. The summed E-state index contributed by atoms with van der Waals surface area (Å²) in [7, 11) is 0. The fourth-order valence-electron chi connectivity index (χ4n) is 3.42. The van der Waals surface area contributed by atoms with E-state index in [1.165, 1.54) is 10.8 Å². The molecule has 0 aliphatic heterocycles. The van der Waals surface area contributed by atoms with Crippen molar-refractivity contribution in [2.45, 2.75) is 18.8 Å². The van der Waals surface area contributed by atoms with Gasteiger partial charge in [-0.05, 0) is 35.2 Å². The fourth-order valence-corrected chi connectivity index (χ4v) is 3.42. The number of carbonyl (C=O) groups is 1. The first-order chi connectivity index (χ1) is 10.2. The van der Waals surface area contributed by atoms with Gasteiger partial charge in [0.05, 0.1) is 5.41 Å². The molecule has 1 aliphatic rings. The largest absolute Gasteiger partial charge is 0.293 e. The zero-order chi connectivity index (χ0) is 14.4. The highest BCUT2D eigenvalue weighted by molar-refractivity contribution is 6.08. The van der Waals surface area contributed by atoms with Gasteiger partial charge in [0, 0.05) is 5.56 Å². The molecule has 3 aromatic carbocycles. The molecule has 0 unspecified atom stereocenters. The molecule has 0 bridgehead atoms. The minimum atomic E-state index is -0.437. The Morgan fingerprint density at radius 1 is 0.857 bits per heavy atom. The molecule has 0 aromatic heterocycles. The summed E-state index contributed by atoms with van der Waals surface area (Å²) in [6.07, 6.45) is 0.792. The van der Waals surface area contributed by atoms with Crippen LogP contribution in [-0.2, 0) is 11.8 Å². The Hall–Kier alpha value is -2.41. The smallest absolute Gasteiger partial charge is 0.173 e. The fraction of sp³-hybridized carbons (Fsp3) is 0.150. The molecule has 4 rings (SSSR count). The number of ketones is 1. The van der Waals surface area contributed by atoms with Crippen molar-refractivity contribution < 1.29 is 4.79 Å². The first kappa shape index (κ1) is 12.3. The van der Waals surface area contributed by atoms with Crippen molar-refractivity contribution in [3.63, 3.8) is 0 Å². The van der Waals surface area contributed by atoms with Crippen molar-refractivity contribution in [2.75, 3.05) is 0 Å². The highest BCUT2D eigenvalue weighted by Gasteiger charge is 2.42. The topological polar surface area (TPSA) is 17.1 Å². The van der Waals surface area contributed by atoms with Gasteiger partial charge in [0.15, 0.2) is 5.78 Å². The molecule has 1 nitrogen and oxygen atoms in total. The Labute approximate surface area is 124 Å². The second-order valence-corrected chi connectivity index (χ2v) is 6.06. The van der Waals surface area contributed by atoms with Crippen LogP contribution in [0.3, 0.4) is 0 Å². The summed E-state index contributed by atoms with van der Waals surface area (Å²) in [5.41, 5.74) is 2.72. The third-order valence-corrected chi connectivity index (χ3v) is 4.69. The Morgan fingerprint density at radius 2 is 1.57 bits per heavy atom. The van der Waals surface area contributed by atoms with Crippen LogP contribution in [0.1, 0.15) is 28.4 Å². The van der Waals surface area contributed by atoms with Gasteiger partial charge in [-0.2, -0.15) is 0 Å². The van der Waals surface area contributed by atoms with Crippen LogP contribution in [0.15, 0.2) is 66.7 Å². The molecule has 0 spiro atoms. The zero-order valence-electron chi connectivity index (χ0n) is 12.0. The van der Waals surface area contributed by atoms with E-state index in [0.717, 1.165) is 23.1 Å². The predicted octanol–water partition coefficient (Wildman–Crippen LogP) is 4.54. The van der Waals surface area contributed by atoms with Crippen LogP contribution in [0.25, 0.3) is 10.8 Å². The number of fused-ring (bicyclic) bond motifs is 2. The Bertz CT molecular complexity index is 862. The van der Waals surface area contributed by atoms with Gasteiger partial charge in [-0.15, -0.1) is 0 Å². The minimum Gasteiger partial charge on any atom is -0.293 e. The molecule has 0 saturated heterocycles. The third-order valence-electron chi connectivity index (χ3n) is 4.69. The monoisotopic (exact) mass is 272 g/mol. The maximum absolute atomic E-state index is 12.9.